The highest BCUT2D eigenvalue weighted by atomic mass is 32.2. The van der Waals surface area contributed by atoms with Crippen molar-refractivity contribution in [1.29, 1.82) is 0 Å². The molecule has 200 valence electrons. The summed E-state index contributed by atoms with van der Waals surface area (Å²) >= 11 is 0. The van der Waals surface area contributed by atoms with Crippen LogP contribution in [0.1, 0.15) is 28.9 Å². The largest absolute Gasteiger partial charge is 0.404 e. The van der Waals surface area contributed by atoms with Crippen LogP contribution in [0.5, 0.6) is 0 Å². The van der Waals surface area contributed by atoms with Gasteiger partial charge in [-0.2, -0.15) is 4.31 Å². The number of sulfonamides is 1. The number of aromatic nitrogens is 1. The molecule has 5 rings (SSSR count). The van der Waals surface area contributed by atoms with Crippen molar-refractivity contribution in [3.05, 3.63) is 113 Å². The molecule has 0 saturated carbocycles. The van der Waals surface area contributed by atoms with Crippen molar-refractivity contribution < 1.29 is 22.0 Å². The zero-order chi connectivity index (χ0) is 27.8. The standard InChI is InChI=1S/C29H26F2N4O3S/c1-19-5-10-24(15-25(19)31)39(37,38)35-13-11-21-14-27(34-23-8-6-22(30)7-9-23)20(17-32)16-29(21,18-35)28(36)26-4-2-3-12-33-26/h2-10,12,14-15,17H,11,13,16,18,32H2,1H3. The minimum absolute atomic E-state index is 0.0824. The van der Waals surface area contributed by atoms with Crippen molar-refractivity contribution >= 4 is 27.2 Å². The predicted molar refractivity (Wildman–Crippen MR) is 144 cm³/mol. The number of pyridine rings is 1. The number of rotatable bonds is 5. The summed E-state index contributed by atoms with van der Waals surface area (Å²) in [4.78, 5) is 22.8. The van der Waals surface area contributed by atoms with Crippen molar-refractivity contribution in [1.82, 2.24) is 9.29 Å². The molecule has 1 fully saturated rings. The van der Waals surface area contributed by atoms with Crippen molar-refractivity contribution in [3.63, 3.8) is 0 Å². The lowest BCUT2D eigenvalue weighted by molar-refractivity contribution is 0.0770. The lowest BCUT2D eigenvalue weighted by atomic mass is 9.64. The van der Waals surface area contributed by atoms with E-state index in [1.54, 1.807) is 31.2 Å². The van der Waals surface area contributed by atoms with Crippen LogP contribution in [0, 0.1) is 24.0 Å². The van der Waals surface area contributed by atoms with Gasteiger partial charge in [0.2, 0.25) is 10.0 Å². The third kappa shape index (κ3) is 4.93. The lowest BCUT2D eigenvalue weighted by Gasteiger charge is -2.45. The summed E-state index contributed by atoms with van der Waals surface area (Å²) in [5.74, 6) is -1.36. The number of halogens is 2. The Hall–Kier alpha value is -4.02. The van der Waals surface area contributed by atoms with Gasteiger partial charge in [0.25, 0.3) is 0 Å². The summed E-state index contributed by atoms with van der Waals surface area (Å²) in [7, 11) is -4.12. The molecule has 2 N–H and O–H groups in total. The molecule has 0 bridgehead atoms. The van der Waals surface area contributed by atoms with Crippen LogP contribution in [0.15, 0.2) is 100 Å². The van der Waals surface area contributed by atoms with E-state index in [9.17, 15) is 22.0 Å². The Morgan fingerprint density at radius 2 is 1.90 bits per heavy atom. The number of nitrogens with two attached hydrogens (primary N) is 1. The number of carbonyl (C=O) groups excluding carboxylic acids is 1. The SMILES string of the molecule is Cc1ccc(S(=O)(=O)N2CCC3=CC(=Nc4ccc(F)cc4)C(=CN)CC3(C(=O)c3ccccn3)C2)cc1F. The van der Waals surface area contributed by atoms with Gasteiger partial charge in [0.1, 0.15) is 17.3 Å². The number of fused-ring (bicyclic) bond motifs is 1. The summed E-state index contributed by atoms with van der Waals surface area (Å²) in [5.41, 5.74) is 7.49. The zero-order valence-corrected chi connectivity index (χ0v) is 22.0. The van der Waals surface area contributed by atoms with Crippen LogP contribution in [0.25, 0.3) is 0 Å². The summed E-state index contributed by atoms with van der Waals surface area (Å²) in [6.45, 7) is 1.47. The molecule has 1 aliphatic heterocycles. The van der Waals surface area contributed by atoms with Crippen LogP contribution in [0.2, 0.25) is 0 Å². The highest BCUT2D eigenvalue weighted by Crippen LogP contribution is 2.47. The molecule has 7 nitrogen and oxygen atoms in total. The first kappa shape index (κ1) is 26.6. The van der Waals surface area contributed by atoms with Gasteiger partial charge in [0.05, 0.1) is 21.7 Å². The Labute approximate surface area is 225 Å². The number of aliphatic imine (C=N–C) groups is 1. The second kappa shape index (κ2) is 10.3. The smallest absolute Gasteiger partial charge is 0.243 e. The second-order valence-electron chi connectivity index (χ2n) is 9.64. The molecular formula is C29H26F2N4O3S. The van der Waals surface area contributed by atoms with Gasteiger partial charge in [-0.1, -0.05) is 17.7 Å². The first-order chi connectivity index (χ1) is 18.6. The molecule has 1 aliphatic carbocycles. The van der Waals surface area contributed by atoms with Gasteiger partial charge in [0, 0.05) is 19.3 Å². The monoisotopic (exact) mass is 548 g/mol. The number of nitrogens with zero attached hydrogens (tertiary/aromatic N) is 3. The number of aryl methyl sites for hydroxylation is 1. The van der Waals surface area contributed by atoms with E-state index in [1.165, 1.54) is 53.1 Å². The Bertz CT molecular complexity index is 1630. The highest BCUT2D eigenvalue weighted by Gasteiger charge is 2.51. The number of carbonyl (C=O) groups is 1. The number of piperidine rings is 1. The molecule has 0 amide bonds. The van der Waals surface area contributed by atoms with Crippen molar-refractivity contribution in [3.8, 4) is 0 Å². The first-order valence-electron chi connectivity index (χ1n) is 12.3. The molecule has 39 heavy (non-hydrogen) atoms. The lowest BCUT2D eigenvalue weighted by Crippen LogP contribution is -2.53. The molecule has 1 atom stereocenters. The van der Waals surface area contributed by atoms with Gasteiger partial charge < -0.3 is 5.73 Å². The summed E-state index contributed by atoms with van der Waals surface area (Å²) in [6.07, 6.45) is 4.95. The van der Waals surface area contributed by atoms with Crippen LogP contribution in [0.3, 0.4) is 0 Å². The molecule has 0 spiro atoms. The van der Waals surface area contributed by atoms with Crippen molar-refractivity contribution in [2.24, 2.45) is 16.1 Å². The van der Waals surface area contributed by atoms with Gasteiger partial charge >= 0.3 is 0 Å². The molecule has 3 aromatic rings. The average Bonchev–Trinajstić information content (AvgIpc) is 2.95. The van der Waals surface area contributed by atoms with Gasteiger partial charge in [-0.05, 0) is 91.7 Å². The second-order valence-corrected chi connectivity index (χ2v) is 11.6. The summed E-state index contributed by atoms with van der Waals surface area (Å²) in [5, 5.41) is 0. The predicted octanol–water partition coefficient (Wildman–Crippen LogP) is 4.88. The van der Waals surface area contributed by atoms with E-state index < -0.39 is 27.1 Å². The fraction of sp³-hybridized carbons (Fsp3) is 0.207. The Kier molecular flexibility index (Phi) is 7.00. The van der Waals surface area contributed by atoms with Crippen LogP contribution in [-0.2, 0) is 10.0 Å². The number of ketones is 1. The number of hydrogen-bond donors (Lipinski definition) is 1. The molecule has 0 radical (unpaired) electrons. The number of Topliss-reactive ketones (excluding diaryl/α,β-unsaturated/α-hetero) is 1. The van der Waals surface area contributed by atoms with Crippen LogP contribution < -0.4 is 5.73 Å². The minimum Gasteiger partial charge on any atom is -0.404 e. The molecule has 2 aliphatic rings. The maximum atomic E-state index is 14.3. The van der Waals surface area contributed by atoms with Crippen LogP contribution in [-0.4, -0.2) is 42.3 Å². The minimum atomic E-state index is -4.12. The first-order valence-corrected chi connectivity index (χ1v) is 13.8. The molecule has 2 aromatic carbocycles. The van der Waals surface area contributed by atoms with Gasteiger partial charge in [-0.15, -0.1) is 0 Å². The number of allylic oxidation sites excluding steroid dienone is 2. The van der Waals surface area contributed by atoms with Crippen LogP contribution in [0.4, 0.5) is 14.5 Å². The van der Waals surface area contributed by atoms with Gasteiger partial charge in [0.15, 0.2) is 5.78 Å². The average molecular weight is 549 g/mol. The van der Waals surface area contributed by atoms with Gasteiger partial charge in [-0.3, -0.25) is 9.78 Å². The fourth-order valence-electron chi connectivity index (χ4n) is 5.05. The molecule has 10 heteroatoms. The topological polar surface area (TPSA) is 106 Å². The van der Waals surface area contributed by atoms with E-state index in [2.05, 4.69) is 9.98 Å². The Morgan fingerprint density at radius 1 is 1.13 bits per heavy atom. The molecule has 2 heterocycles. The zero-order valence-electron chi connectivity index (χ0n) is 21.1. The Morgan fingerprint density at radius 3 is 2.56 bits per heavy atom. The number of hydrogen-bond acceptors (Lipinski definition) is 6. The van der Waals surface area contributed by atoms with Crippen molar-refractivity contribution in [2.75, 3.05) is 13.1 Å². The maximum Gasteiger partial charge on any atom is 0.243 e. The number of benzene rings is 2. The third-order valence-electron chi connectivity index (χ3n) is 7.21. The summed E-state index contributed by atoms with van der Waals surface area (Å²) < 4.78 is 56.2. The van der Waals surface area contributed by atoms with Gasteiger partial charge in [-0.25, -0.2) is 22.2 Å². The Balaban J connectivity index is 1.61. The third-order valence-corrected chi connectivity index (χ3v) is 9.06. The maximum absolute atomic E-state index is 14.3. The van der Waals surface area contributed by atoms with E-state index in [-0.39, 0.29) is 42.3 Å². The summed E-state index contributed by atoms with van der Waals surface area (Å²) in [6, 6.07) is 14.4. The van der Waals surface area contributed by atoms with E-state index in [4.69, 9.17) is 5.73 Å². The van der Waals surface area contributed by atoms with E-state index >= 15 is 0 Å². The van der Waals surface area contributed by atoms with E-state index in [0.29, 0.717) is 28.1 Å². The normalized spacial score (nSPS) is 22.0. The molecule has 1 aromatic heterocycles. The molecule has 1 saturated heterocycles. The quantitative estimate of drug-likeness (QED) is 0.458. The van der Waals surface area contributed by atoms with E-state index in [1.807, 2.05) is 0 Å². The van der Waals surface area contributed by atoms with E-state index in [0.717, 1.165) is 6.07 Å². The molecular weight excluding hydrogens is 522 g/mol. The highest BCUT2D eigenvalue weighted by molar-refractivity contribution is 7.89. The van der Waals surface area contributed by atoms with Crippen LogP contribution >= 0.6 is 0 Å². The fourth-order valence-corrected chi connectivity index (χ4v) is 6.56. The van der Waals surface area contributed by atoms with Crippen molar-refractivity contribution in [2.45, 2.75) is 24.7 Å². The molecule has 1 unspecified atom stereocenters.